The van der Waals surface area contributed by atoms with Gasteiger partial charge in [0.15, 0.2) is 0 Å². The summed E-state index contributed by atoms with van der Waals surface area (Å²) in [6, 6.07) is 35.7. The van der Waals surface area contributed by atoms with Gasteiger partial charge in [-0.15, -0.1) is 36.7 Å². The fourth-order valence-corrected chi connectivity index (χ4v) is 6.76. The summed E-state index contributed by atoms with van der Waals surface area (Å²) in [5.41, 5.74) is 7.62. The van der Waals surface area contributed by atoms with Gasteiger partial charge in [-0.25, -0.2) is 0 Å². The second kappa shape index (κ2) is 9.51. The molecule has 0 aliphatic heterocycles. The quantitative estimate of drug-likeness (QED) is 0.167. The van der Waals surface area contributed by atoms with E-state index in [-0.39, 0.29) is 5.41 Å². The third-order valence-electron chi connectivity index (χ3n) is 6.25. The van der Waals surface area contributed by atoms with Crippen molar-refractivity contribution in [2.45, 2.75) is 15.2 Å². The summed E-state index contributed by atoms with van der Waals surface area (Å²) in [6.45, 7) is 7.93. The normalized spacial score (nSPS) is 13.2. The lowest BCUT2D eigenvalue weighted by Crippen LogP contribution is -2.30. The highest BCUT2D eigenvalue weighted by molar-refractivity contribution is 7.99. The molecule has 4 aromatic carbocycles. The largest absolute Gasteiger partial charge is 0.122 e. The zero-order valence-corrected chi connectivity index (χ0v) is 20.2. The van der Waals surface area contributed by atoms with Crippen LogP contribution in [0.1, 0.15) is 22.3 Å². The first-order valence-corrected chi connectivity index (χ1v) is 13.1. The predicted molar refractivity (Wildman–Crippen MR) is 146 cm³/mol. The molecule has 0 aromatic heterocycles. The van der Waals surface area contributed by atoms with E-state index in [4.69, 9.17) is 0 Å². The van der Waals surface area contributed by atoms with Crippen LogP contribution in [0.15, 0.2) is 132 Å². The Labute approximate surface area is 205 Å². The second-order valence-electron chi connectivity index (χ2n) is 8.03. The first-order chi connectivity index (χ1) is 16.3. The Kier molecular flexibility index (Phi) is 6.30. The maximum absolute atomic E-state index is 3.96. The van der Waals surface area contributed by atoms with Gasteiger partial charge in [0, 0.05) is 21.3 Å². The van der Waals surface area contributed by atoms with E-state index in [2.05, 4.69) is 110 Å². The number of thioether (sulfide) groups is 2. The lowest BCUT2D eigenvalue weighted by atomic mass is 9.67. The molecule has 0 N–H and O–H groups in total. The van der Waals surface area contributed by atoms with E-state index in [1.54, 1.807) is 0 Å². The van der Waals surface area contributed by atoms with Gasteiger partial charge >= 0.3 is 0 Å². The van der Waals surface area contributed by atoms with Crippen LogP contribution in [-0.4, -0.2) is 11.5 Å². The molecule has 0 heterocycles. The van der Waals surface area contributed by atoms with Crippen LogP contribution in [0.3, 0.4) is 0 Å². The first-order valence-electron chi connectivity index (χ1n) is 11.2. The van der Waals surface area contributed by atoms with Gasteiger partial charge in [-0.05, 0) is 45.5 Å². The second-order valence-corrected chi connectivity index (χ2v) is 10.2. The van der Waals surface area contributed by atoms with E-state index in [1.807, 2.05) is 35.7 Å². The minimum atomic E-state index is -0.386. The van der Waals surface area contributed by atoms with Gasteiger partial charge in [-0.1, -0.05) is 97.1 Å². The Hall–Kier alpha value is -2.94. The van der Waals surface area contributed by atoms with E-state index in [0.717, 1.165) is 11.5 Å². The van der Waals surface area contributed by atoms with Gasteiger partial charge in [0.1, 0.15) is 0 Å². The van der Waals surface area contributed by atoms with Crippen molar-refractivity contribution >= 4 is 23.5 Å². The van der Waals surface area contributed by atoms with Gasteiger partial charge in [0.25, 0.3) is 0 Å². The molecule has 0 nitrogen and oxygen atoms in total. The third-order valence-corrected chi connectivity index (χ3v) is 8.39. The topological polar surface area (TPSA) is 0 Å². The summed E-state index contributed by atoms with van der Waals surface area (Å²) >= 11 is 3.72. The summed E-state index contributed by atoms with van der Waals surface area (Å²) in [5, 5.41) is 0. The SMILES string of the molecule is C=CCSc1ccccc1C1(c2ccccc2SCC=C)c2ccccc2-c2ccccc21. The molecule has 4 aromatic rings. The molecule has 0 atom stereocenters. The molecule has 1 aliphatic carbocycles. The monoisotopic (exact) mass is 462 g/mol. The van der Waals surface area contributed by atoms with Gasteiger partial charge in [0.2, 0.25) is 0 Å². The predicted octanol–water partition coefficient (Wildman–Crippen LogP) is 8.61. The van der Waals surface area contributed by atoms with E-state index >= 15 is 0 Å². The molecule has 5 rings (SSSR count). The van der Waals surface area contributed by atoms with Crippen molar-refractivity contribution in [1.29, 1.82) is 0 Å². The van der Waals surface area contributed by atoms with Crippen LogP contribution in [0.4, 0.5) is 0 Å². The molecule has 0 spiro atoms. The fraction of sp³-hybridized carbons (Fsp3) is 0.0968. The van der Waals surface area contributed by atoms with Gasteiger partial charge in [-0.2, -0.15) is 0 Å². The van der Waals surface area contributed by atoms with Crippen molar-refractivity contribution in [2.75, 3.05) is 11.5 Å². The van der Waals surface area contributed by atoms with Crippen LogP contribution >= 0.6 is 23.5 Å². The smallest absolute Gasteiger partial charge is 0.0735 e. The Morgan fingerprint density at radius 3 is 1.30 bits per heavy atom. The number of hydrogen-bond donors (Lipinski definition) is 0. The zero-order valence-electron chi connectivity index (χ0n) is 18.5. The average Bonchev–Trinajstić information content (AvgIpc) is 3.18. The molecule has 1 aliphatic rings. The molecular weight excluding hydrogens is 436 g/mol. The Bertz CT molecular complexity index is 1210. The summed E-state index contributed by atoms with van der Waals surface area (Å²) in [5.74, 6) is 1.76. The lowest BCUT2D eigenvalue weighted by molar-refractivity contribution is 0.732. The Morgan fingerprint density at radius 2 is 0.879 bits per heavy atom. The Balaban J connectivity index is 1.92. The number of rotatable bonds is 8. The standard InChI is InChI=1S/C31H26S2/c1-3-21-32-29-19-11-9-17-27(29)31(28-18-10-12-20-30(28)33-22-4-2)25-15-7-5-13-23(25)24-14-6-8-16-26(24)31/h3-20H,1-2,21-22H2. The van der Waals surface area contributed by atoms with Gasteiger partial charge in [0.05, 0.1) is 5.41 Å². The number of benzene rings is 4. The molecule has 162 valence electrons. The van der Waals surface area contributed by atoms with Crippen LogP contribution in [0, 0.1) is 0 Å². The fourth-order valence-electron chi connectivity index (χ4n) is 5.06. The highest BCUT2D eigenvalue weighted by atomic mass is 32.2. The summed E-state index contributed by atoms with van der Waals surface area (Å²) in [7, 11) is 0. The van der Waals surface area contributed by atoms with E-state index in [0.29, 0.717) is 0 Å². The summed E-state index contributed by atoms with van der Waals surface area (Å²) in [4.78, 5) is 2.60. The van der Waals surface area contributed by atoms with Crippen LogP contribution in [0.2, 0.25) is 0 Å². The molecule has 0 saturated heterocycles. The zero-order chi connectivity index (χ0) is 22.7. The van der Waals surface area contributed by atoms with Crippen molar-refractivity contribution in [2.24, 2.45) is 0 Å². The van der Waals surface area contributed by atoms with Crippen molar-refractivity contribution in [3.63, 3.8) is 0 Å². The van der Waals surface area contributed by atoms with Crippen molar-refractivity contribution in [1.82, 2.24) is 0 Å². The van der Waals surface area contributed by atoms with Crippen molar-refractivity contribution in [3.8, 4) is 11.1 Å². The van der Waals surface area contributed by atoms with Crippen molar-refractivity contribution in [3.05, 3.63) is 145 Å². The van der Waals surface area contributed by atoms with Crippen LogP contribution in [0.5, 0.6) is 0 Å². The van der Waals surface area contributed by atoms with Crippen LogP contribution in [0.25, 0.3) is 11.1 Å². The summed E-state index contributed by atoms with van der Waals surface area (Å²) < 4.78 is 0. The maximum atomic E-state index is 3.96. The molecule has 0 saturated carbocycles. The molecule has 0 amide bonds. The van der Waals surface area contributed by atoms with E-state index < -0.39 is 0 Å². The molecule has 33 heavy (non-hydrogen) atoms. The molecule has 0 bridgehead atoms. The lowest BCUT2D eigenvalue weighted by Gasteiger charge is -2.36. The van der Waals surface area contributed by atoms with Gasteiger partial charge in [-0.3, -0.25) is 0 Å². The Morgan fingerprint density at radius 1 is 0.515 bits per heavy atom. The maximum Gasteiger partial charge on any atom is 0.0735 e. The summed E-state index contributed by atoms with van der Waals surface area (Å²) in [6.07, 6.45) is 3.97. The molecule has 0 radical (unpaired) electrons. The van der Waals surface area contributed by atoms with Crippen LogP contribution < -0.4 is 0 Å². The average molecular weight is 463 g/mol. The minimum Gasteiger partial charge on any atom is -0.122 e. The number of hydrogen-bond acceptors (Lipinski definition) is 2. The van der Waals surface area contributed by atoms with Gasteiger partial charge < -0.3 is 0 Å². The van der Waals surface area contributed by atoms with E-state index in [1.165, 1.54) is 43.2 Å². The first kappa shape index (κ1) is 21.9. The highest BCUT2D eigenvalue weighted by Gasteiger charge is 2.47. The van der Waals surface area contributed by atoms with Crippen LogP contribution in [-0.2, 0) is 5.41 Å². The molecule has 0 fully saturated rings. The number of fused-ring (bicyclic) bond motifs is 3. The molecule has 0 unspecified atom stereocenters. The molecule has 2 heteroatoms. The van der Waals surface area contributed by atoms with E-state index in [9.17, 15) is 0 Å². The minimum absolute atomic E-state index is 0.386. The van der Waals surface area contributed by atoms with Crippen molar-refractivity contribution < 1.29 is 0 Å². The molecular formula is C31H26S2. The third kappa shape index (κ3) is 3.58. The highest BCUT2D eigenvalue weighted by Crippen LogP contribution is 2.58.